The summed E-state index contributed by atoms with van der Waals surface area (Å²) < 4.78 is 13.9. The van der Waals surface area contributed by atoms with E-state index in [0.717, 1.165) is 24.1 Å². The number of aromatic nitrogens is 5. The summed E-state index contributed by atoms with van der Waals surface area (Å²) in [6, 6.07) is 9.20. The Kier molecular flexibility index (Phi) is 6.19. The Hall–Kier alpha value is -3.76. The average molecular weight is 549 g/mol. The predicted octanol–water partition coefficient (Wildman–Crippen LogP) is 3.80. The molecule has 1 saturated carbocycles. The van der Waals surface area contributed by atoms with Crippen LogP contribution in [0.25, 0.3) is 22.6 Å². The van der Waals surface area contributed by atoms with E-state index in [1.165, 1.54) is 6.33 Å². The van der Waals surface area contributed by atoms with E-state index < -0.39 is 5.60 Å². The third-order valence-corrected chi connectivity index (χ3v) is 7.36. The fourth-order valence-corrected chi connectivity index (χ4v) is 4.92. The molecule has 1 aromatic carbocycles. The number of imidazole rings is 1. The first kappa shape index (κ1) is 25.5. The number of rotatable bonds is 8. The molecule has 4 aromatic rings. The quantitative estimate of drug-likeness (QED) is 0.353. The summed E-state index contributed by atoms with van der Waals surface area (Å²) in [5, 5.41) is 10.3. The fourth-order valence-electron chi connectivity index (χ4n) is 4.66. The molecule has 2 fully saturated rings. The largest absolute Gasteiger partial charge is 0.484 e. The first-order valence-electron chi connectivity index (χ1n) is 12.8. The van der Waals surface area contributed by atoms with E-state index in [2.05, 4.69) is 21.9 Å². The SMILES string of the molecule is Cc1ccnc(Cn2c(-c3ccc(OCC(=O)N4CC(C)(O)C4)cc3Cl)nc3c(OC4(C)CC4)ncnc32)c1. The van der Waals surface area contributed by atoms with Gasteiger partial charge in [-0.15, -0.1) is 0 Å². The van der Waals surface area contributed by atoms with Crippen molar-refractivity contribution < 1.29 is 19.4 Å². The zero-order chi connectivity index (χ0) is 27.4. The Morgan fingerprint density at radius 1 is 1.13 bits per heavy atom. The normalized spacial score (nSPS) is 17.1. The van der Waals surface area contributed by atoms with Crippen LogP contribution < -0.4 is 9.47 Å². The number of carbonyl (C=O) groups excluding carboxylic acids is 1. The molecule has 1 N–H and O–H groups in total. The lowest BCUT2D eigenvalue weighted by molar-refractivity contribution is -0.154. The van der Waals surface area contributed by atoms with Gasteiger partial charge in [-0.1, -0.05) is 11.6 Å². The lowest BCUT2D eigenvalue weighted by atomic mass is 9.97. The number of carbonyl (C=O) groups is 1. The molecule has 2 aliphatic rings. The van der Waals surface area contributed by atoms with Crippen LogP contribution in [0.1, 0.15) is 37.9 Å². The molecular weight excluding hydrogens is 520 g/mol. The van der Waals surface area contributed by atoms with Crippen molar-refractivity contribution in [2.24, 2.45) is 0 Å². The van der Waals surface area contributed by atoms with E-state index in [4.69, 9.17) is 26.1 Å². The van der Waals surface area contributed by atoms with Crippen molar-refractivity contribution in [3.63, 3.8) is 0 Å². The van der Waals surface area contributed by atoms with E-state index in [0.29, 0.717) is 58.8 Å². The van der Waals surface area contributed by atoms with Gasteiger partial charge in [0.25, 0.3) is 5.91 Å². The van der Waals surface area contributed by atoms with Gasteiger partial charge < -0.3 is 24.0 Å². The van der Waals surface area contributed by atoms with Gasteiger partial charge in [0.15, 0.2) is 17.8 Å². The number of likely N-dealkylation sites (tertiary alicyclic amines) is 1. The Morgan fingerprint density at radius 3 is 2.62 bits per heavy atom. The van der Waals surface area contributed by atoms with Gasteiger partial charge in [-0.3, -0.25) is 9.78 Å². The molecule has 0 unspecified atom stereocenters. The molecule has 11 heteroatoms. The number of ether oxygens (including phenoxy) is 2. The number of halogens is 1. The van der Waals surface area contributed by atoms with Crippen LogP contribution in [-0.2, 0) is 11.3 Å². The summed E-state index contributed by atoms with van der Waals surface area (Å²) in [5.41, 5.74) is 2.74. The van der Waals surface area contributed by atoms with E-state index in [9.17, 15) is 9.90 Å². The van der Waals surface area contributed by atoms with E-state index in [-0.39, 0.29) is 18.1 Å². The van der Waals surface area contributed by atoms with Gasteiger partial charge in [0.1, 0.15) is 23.5 Å². The lowest BCUT2D eigenvalue weighted by Crippen LogP contribution is -2.62. The number of nitrogens with zero attached hydrogens (tertiary/aromatic N) is 6. The first-order chi connectivity index (χ1) is 18.6. The van der Waals surface area contributed by atoms with Gasteiger partial charge in [0.05, 0.1) is 36.0 Å². The molecule has 1 amide bonds. The minimum Gasteiger partial charge on any atom is -0.484 e. The van der Waals surface area contributed by atoms with Gasteiger partial charge in [0.2, 0.25) is 5.88 Å². The second-order valence-corrected chi connectivity index (χ2v) is 11.3. The van der Waals surface area contributed by atoms with Crippen molar-refractivity contribution in [3.05, 3.63) is 59.1 Å². The number of hydrogen-bond acceptors (Lipinski definition) is 8. The molecule has 39 heavy (non-hydrogen) atoms. The van der Waals surface area contributed by atoms with Gasteiger partial charge >= 0.3 is 0 Å². The molecule has 202 valence electrons. The highest BCUT2D eigenvalue weighted by molar-refractivity contribution is 6.33. The summed E-state index contributed by atoms with van der Waals surface area (Å²) in [7, 11) is 0. The number of aliphatic hydroxyl groups is 1. The minimum atomic E-state index is -0.828. The van der Waals surface area contributed by atoms with Gasteiger partial charge in [-0.05, 0) is 69.5 Å². The molecule has 0 spiro atoms. The third kappa shape index (κ3) is 5.26. The number of aryl methyl sites for hydroxylation is 1. The molecule has 0 radical (unpaired) electrons. The molecule has 1 saturated heterocycles. The second-order valence-electron chi connectivity index (χ2n) is 10.9. The maximum atomic E-state index is 12.3. The zero-order valence-electron chi connectivity index (χ0n) is 22.0. The number of benzene rings is 1. The molecule has 1 aliphatic heterocycles. The van der Waals surface area contributed by atoms with Gasteiger partial charge in [0, 0.05) is 11.8 Å². The van der Waals surface area contributed by atoms with Crippen LogP contribution in [0, 0.1) is 6.92 Å². The summed E-state index contributed by atoms with van der Waals surface area (Å²) in [5.74, 6) is 1.30. The molecule has 10 nitrogen and oxygen atoms in total. The van der Waals surface area contributed by atoms with Crippen molar-refractivity contribution in [2.75, 3.05) is 19.7 Å². The Bertz CT molecular complexity index is 1570. The van der Waals surface area contributed by atoms with Crippen LogP contribution in [0.5, 0.6) is 11.6 Å². The molecule has 0 bridgehead atoms. The molecule has 4 heterocycles. The number of pyridine rings is 1. The summed E-state index contributed by atoms with van der Waals surface area (Å²) in [6.45, 7) is 6.66. The van der Waals surface area contributed by atoms with Crippen LogP contribution in [0.4, 0.5) is 0 Å². The van der Waals surface area contributed by atoms with Crippen LogP contribution in [-0.4, -0.2) is 71.3 Å². The molecule has 3 aromatic heterocycles. The lowest BCUT2D eigenvalue weighted by Gasteiger charge is -2.43. The minimum absolute atomic E-state index is 0.141. The van der Waals surface area contributed by atoms with E-state index >= 15 is 0 Å². The Balaban J connectivity index is 1.32. The maximum absolute atomic E-state index is 12.3. The van der Waals surface area contributed by atoms with Crippen molar-refractivity contribution in [2.45, 2.75) is 51.4 Å². The topological polar surface area (TPSA) is 115 Å². The maximum Gasteiger partial charge on any atom is 0.260 e. The molecule has 6 rings (SSSR count). The van der Waals surface area contributed by atoms with Crippen LogP contribution in [0.3, 0.4) is 0 Å². The van der Waals surface area contributed by atoms with Gasteiger partial charge in [-0.2, -0.15) is 4.98 Å². The summed E-state index contributed by atoms with van der Waals surface area (Å²) >= 11 is 6.76. The first-order valence-corrected chi connectivity index (χ1v) is 13.2. The molecular formula is C28H29ClN6O4. The summed E-state index contributed by atoms with van der Waals surface area (Å²) in [6.07, 6.45) is 5.20. The Labute approximate surface area is 230 Å². The van der Waals surface area contributed by atoms with Gasteiger partial charge in [-0.25, -0.2) is 9.97 Å². The highest BCUT2D eigenvalue weighted by atomic mass is 35.5. The number of hydrogen-bond donors (Lipinski definition) is 1. The van der Waals surface area contributed by atoms with E-state index in [1.807, 2.05) is 29.7 Å². The monoisotopic (exact) mass is 548 g/mol. The number of fused-ring (bicyclic) bond motifs is 1. The standard InChI is InChI=1S/C28H29ClN6O4/c1-17-6-9-30-18(10-17)12-35-24(33-23-25(35)31-16-32-26(23)39-28(3)7-8-28)20-5-4-19(11-21(20)29)38-13-22(36)34-14-27(2,37)15-34/h4-6,9-11,16,37H,7-8,12-15H2,1-3H3. The van der Waals surface area contributed by atoms with Crippen molar-refractivity contribution in [3.8, 4) is 23.0 Å². The van der Waals surface area contributed by atoms with E-state index in [1.54, 1.807) is 30.2 Å². The third-order valence-electron chi connectivity index (χ3n) is 7.05. The number of amides is 1. The highest BCUT2D eigenvalue weighted by Gasteiger charge is 2.41. The van der Waals surface area contributed by atoms with Crippen molar-refractivity contribution in [1.29, 1.82) is 0 Å². The van der Waals surface area contributed by atoms with Crippen LogP contribution in [0.2, 0.25) is 5.02 Å². The van der Waals surface area contributed by atoms with Crippen LogP contribution >= 0.6 is 11.6 Å². The zero-order valence-corrected chi connectivity index (χ0v) is 22.8. The predicted molar refractivity (Wildman–Crippen MR) is 145 cm³/mol. The fraction of sp³-hybridized carbons (Fsp3) is 0.393. The average Bonchev–Trinajstić information content (AvgIpc) is 3.49. The number of β-amino-alcohol motifs (C(OH)–C–C–N with tert-alkyl or cyclic N) is 1. The summed E-state index contributed by atoms with van der Waals surface area (Å²) in [4.78, 5) is 32.3. The Morgan fingerprint density at radius 2 is 1.92 bits per heavy atom. The highest BCUT2D eigenvalue weighted by Crippen LogP contribution is 2.41. The smallest absolute Gasteiger partial charge is 0.260 e. The molecule has 0 atom stereocenters. The molecule has 1 aliphatic carbocycles. The van der Waals surface area contributed by atoms with Crippen molar-refractivity contribution in [1.82, 2.24) is 29.4 Å². The van der Waals surface area contributed by atoms with Crippen LogP contribution in [0.15, 0.2) is 42.9 Å². The second kappa shape index (κ2) is 9.46. The van der Waals surface area contributed by atoms with Crippen molar-refractivity contribution >= 4 is 28.7 Å².